The van der Waals surface area contributed by atoms with Crippen molar-refractivity contribution in [1.82, 2.24) is 20.1 Å². The zero-order valence-electron chi connectivity index (χ0n) is 30.6. The summed E-state index contributed by atoms with van der Waals surface area (Å²) in [4.78, 5) is 61.8. The van der Waals surface area contributed by atoms with Crippen molar-refractivity contribution in [1.29, 1.82) is 0 Å². The lowest BCUT2D eigenvalue weighted by atomic mass is 9.82. The molecule has 0 radical (unpaired) electrons. The van der Waals surface area contributed by atoms with Crippen LogP contribution in [0.15, 0.2) is 48.7 Å². The van der Waals surface area contributed by atoms with Crippen LogP contribution in [0.3, 0.4) is 0 Å². The number of nitrogens with zero attached hydrogens (tertiary/aromatic N) is 3. The van der Waals surface area contributed by atoms with E-state index in [1.807, 2.05) is 43.9 Å². The number of carbonyl (C=O) groups is 4. The second-order valence-corrected chi connectivity index (χ2v) is 13.6. The summed E-state index contributed by atoms with van der Waals surface area (Å²) in [7, 11) is 4.92. The van der Waals surface area contributed by atoms with E-state index in [1.165, 1.54) is 0 Å². The molecular weight excluding hydrogens is 622 g/mol. The van der Waals surface area contributed by atoms with E-state index < -0.39 is 36.0 Å². The molecule has 0 spiro atoms. The highest BCUT2D eigenvalue weighted by Gasteiger charge is 2.43. The highest BCUT2D eigenvalue weighted by atomic mass is 16.5. The van der Waals surface area contributed by atoms with Gasteiger partial charge in [-0.2, -0.15) is 0 Å². The smallest absolute Gasteiger partial charge is 0.249 e. The Morgan fingerprint density at radius 3 is 2.33 bits per heavy atom. The van der Waals surface area contributed by atoms with Gasteiger partial charge in [-0.25, -0.2) is 0 Å². The molecule has 11 heteroatoms. The molecule has 3 rings (SSSR count). The minimum absolute atomic E-state index is 0.00167. The number of rotatable bonds is 18. The molecule has 2 aromatic rings. The first-order valence-electron chi connectivity index (χ1n) is 17.6. The average Bonchev–Trinajstić information content (AvgIpc) is 3.58. The van der Waals surface area contributed by atoms with E-state index in [1.54, 1.807) is 56.6 Å². The van der Waals surface area contributed by atoms with Gasteiger partial charge >= 0.3 is 0 Å². The third kappa shape index (κ3) is 9.88. The number of amides is 4. The van der Waals surface area contributed by atoms with Gasteiger partial charge in [-0.15, -0.1) is 0 Å². The summed E-state index contributed by atoms with van der Waals surface area (Å²) in [5.41, 5.74) is 7.52. The van der Waals surface area contributed by atoms with Crippen LogP contribution in [0.2, 0.25) is 0 Å². The average molecular weight is 680 g/mol. The van der Waals surface area contributed by atoms with Crippen LogP contribution in [0, 0.1) is 17.8 Å². The van der Waals surface area contributed by atoms with E-state index in [4.69, 9.17) is 15.2 Å². The van der Waals surface area contributed by atoms with Crippen LogP contribution >= 0.6 is 0 Å². The maximum Gasteiger partial charge on any atom is 0.249 e. The number of aromatic nitrogens is 1. The normalized spacial score (nSPS) is 18.3. The number of ether oxygens (including phenoxy) is 2. The number of nitrogens with one attached hydrogen (secondary N) is 1. The Morgan fingerprint density at radius 2 is 1.73 bits per heavy atom. The Labute approximate surface area is 292 Å². The number of pyridine rings is 1. The molecule has 0 saturated carbocycles. The van der Waals surface area contributed by atoms with Crippen LogP contribution in [-0.4, -0.2) is 97.1 Å². The number of nitrogens with two attached hydrogens (primary N) is 1. The monoisotopic (exact) mass is 679 g/mol. The third-order valence-electron chi connectivity index (χ3n) is 10.2. The van der Waals surface area contributed by atoms with Gasteiger partial charge in [0, 0.05) is 58.2 Å². The van der Waals surface area contributed by atoms with Crippen molar-refractivity contribution in [2.45, 2.75) is 96.9 Å². The van der Waals surface area contributed by atoms with Gasteiger partial charge in [-0.3, -0.25) is 24.2 Å². The maximum atomic E-state index is 14.3. The van der Waals surface area contributed by atoms with Crippen LogP contribution in [0.5, 0.6) is 0 Å². The Balaban J connectivity index is 1.78. The topological polar surface area (TPSA) is 144 Å². The number of likely N-dealkylation sites (tertiary alicyclic amines) is 1. The molecule has 1 aliphatic rings. The van der Waals surface area contributed by atoms with Crippen LogP contribution in [0.1, 0.15) is 87.8 Å². The first kappa shape index (κ1) is 39.6. The van der Waals surface area contributed by atoms with E-state index in [0.717, 1.165) is 25.0 Å². The quantitative estimate of drug-likeness (QED) is 0.240. The second kappa shape index (κ2) is 18.8. The summed E-state index contributed by atoms with van der Waals surface area (Å²) in [6.07, 6.45) is 3.60. The lowest BCUT2D eigenvalue weighted by Crippen LogP contribution is -2.54. The standard InChI is InChI=1S/C38H57N5O6/c1-9-25(4)34(42(6)38(47)33(24(2)3)28-16-10-11-17-29(28)36(39)45)31(48-7)23-32(44)43-22-14-18-30(43)35(49-8)26(5)37(46)41-21-19-27-15-12-13-20-40-27/h10-13,15-17,20,24-26,30-31,33-35H,9,14,18-19,21-23H2,1-8H3,(H2,39,45)(H,41,46)/t25-,26+,30-,31+,33-,34-,35+/m0/s1. The molecule has 0 aliphatic carbocycles. The van der Waals surface area contributed by atoms with Crippen LogP contribution < -0.4 is 11.1 Å². The number of carbonyl (C=O) groups excluding carboxylic acids is 4. The molecule has 0 bridgehead atoms. The minimum Gasteiger partial charge on any atom is -0.379 e. The van der Waals surface area contributed by atoms with Gasteiger partial charge in [-0.05, 0) is 48.4 Å². The molecule has 2 heterocycles. The molecule has 1 aromatic carbocycles. The zero-order valence-corrected chi connectivity index (χ0v) is 30.6. The molecular formula is C38H57N5O6. The molecule has 1 fully saturated rings. The summed E-state index contributed by atoms with van der Waals surface area (Å²) in [5.74, 6) is -2.21. The summed E-state index contributed by atoms with van der Waals surface area (Å²) >= 11 is 0. The molecule has 4 amide bonds. The van der Waals surface area contributed by atoms with Crippen LogP contribution in [0.25, 0.3) is 0 Å². The van der Waals surface area contributed by atoms with E-state index >= 15 is 0 Å². The Morgan fingerprint density at radius 1 is 1.04 bits per heavy atom. The van der Waals surface area contributed by atoms with Gasteiger partial charge in [0.25, 0.3) is 0 Å². The summed E-state index contributed by atoms with van der Waals surface area (Å²) in [5, 5.41) is 3.00. The predicted octanol–water partition coefficient (Wildman–Crippen LogP) is 4.20. The molecule has 1 saturated heterocycles. The van der Waals surface area contributed by atoms with Gasteiger partial charge in [0.05, 0.1) is 42.5 Å². The van der Waals surface area contributed by atoms with Crippen LogP contribution in [-0.2, 0) is 30.3 Å². The summed E-state index contributed by atoms with van der Waals surface area (Å²) < 4.78 is 11.9. The van der Waals surface area contributed by atoms with E-state index in [2.05, 4.69) is 24.1 Å². The van der Waals surface area contributed by atoms with Gasteiger partial charge in [0.15, 0.2) is 0 Å². The fourth-order valence-corrected chi connectivity index (χ4v) is 7.32. The number of primary amides is 1. The van der Waals surface area contributed by atoms with Gasteiger partial charge in [0.1, 0.15) is 0 Å². The number of methoxy groups -OCH3 is 2. The fourth-order valence-electron chi connectivity index (χ4n) is 7.32. The van der Waals surface area contributed by atoms with Gasteiger partial charge in [0.2, 0.25) is 23.6 Å². The largest absolute Gasteiger partial charge is 0.379 e. The molecule has 7 atom stereocenters. The highest BCUT2D eigenvalue weighted by Crippen LogP contribution is 2.33. The number of benzene rings is 1. The first-order valence-corrected chi connectivity index (χ1v) is 17.6. The number of hydrogen-bond acceptors (Lipinski definition) is 7. The SMILES string of the molecule is CC[C@H](C)[C@@H]([C@@H](CC(=O)N1CCC[C@H]1[C@H](OC)[C@@H](C)C(=O)NCCc1ccccn1)OC)N(C)C(=O)[C@H](c1ccccc1C(N)=O)C(C)C. The maximum absolute atomic E-state index is 14.3. The highest BCUT2D eigenvalue weighted by molar-refractivity contribution is 5.97. The van der Waals surface area contributed by atoms with Gasteiger partial charge < -0.3 is 30.3 Å². The van der Waals surface area contributed by atoms with Crippen molar-refractivity contribution in [2.24, 2.45) is 23.5 Å². The summed E-state index contributed by atoms with van der Waals surface area (Å²) in [6.45, 7) is 10.8. The zero-order chi connectivity index (χ0) is 36.2. The Bertz CT molecular complexity index is 1390. The first-order chi connectivity index (χ1) is 23.4. The Hall–Kier alpha value is -3.83. The fraction of sp³-hybridized carbons (Fsp3) is 0.605. The lowest BCUT2D eigenvalue weighted by Gasteiger charge is -2.41. The third-order valence-corrected chi connectivity index (χ3v) is 10.2. The molecule has 11 nitrogen and oxygen atoms in total. The van der Waals surface area contributed by atoms with E-state index in [9.17, 15) is 19.2 Å². The minimum atomic E-state index is -0.615. The van der Waals surface area contributed by atoms with Crippen molar-refractivity contribution < 1.29 is 28.7 Å². The number of likely N-dealkylation sites (N-methyl/N-ethyl adjacent to an activating group) is 1. The van der Waals surface area contributed by atoms with Crippen molar-refractivity contribution in [2.75, 3.05) is 34.4 Å². The van der Waals surface area contributed by atoms with Crippen molar-refractivity contribution in [3.63, 3.8) is 0 Å². The predicted molar refractivity (Wildman–Crippen MR) is 190 cm³/mol. The molecule has 270 valence electrons. The van der Waals surface area contributed by atoms with Crippen molar-refractivity contribution in [3.05, 3.63) is 65.5 Å². The van der Waals surface area contributed by atoms with E-state index in [-0.39, 0.29) is 42.0 Å². The molecule has 49 heavy (non-hydrogen) atoms. The van der Waals surface area contributed by atoms with Gasteiger partial charge in [-0.1, -0.05) is 65.3 Å². The molecule has 1 aliphatic heterocycles. The molecule has 0 unspecified atom stereocenters. The number of hydrogen-bond donors (Lipinski definition) is 2. The summed E-state index contributed by atoms with van der Waals surface area (Å²) in [6, 6.07) is 12.0. The second-order valence-electron chi connectivity index (χ2n) is 13.6. The molecule has 3 N–H and O–H groups in total. The lowest BCUT2D eigenvalue weighted by molar-refractivity contribution is -0.146. The molecule has 1 aromatic heterocycles. The Kier molecular flexibility index (Phi) is 15.2. The van der Waals surface area contributed by atoms with Crippen LogP contribution in [0.4, 0.5) is 0 Å². The van der Waals surface area contributed by atoms with Crippen molar-refractivity contribution >= 4 is 23.6 Å². The van der Waals surface area contributed by atoms with E-state index in [0.29, 0.717) is 30.6 Å². The van der Waals surface area contributed by atoms with Crippen molar-refractivity contribution in [3.8, 4) is 0 Å².